The van der Waals surface area contributed by atoms with Gasteiger partial charge in [-0.25, -0.2) is 9.18 Å². The summed E-state index contributed by atoms with van der Waals surface area (Å²) >= 11 is 0. The number of aliphatic hydroxyl groups excluding tert-OH is 1. The first-order chi connectivity index (χ1) is 10.6. The number of ether oxygens (including phenoxy) is 2. The smallest absolute Gasteiger partial charge is 0.315 e. The number of carbonyl (C=O) groups is 1. The number of aliphatic hydroxyl groups is 1. The number of rotatable bonds is 6. The van der Waals surface area contributed by atoms with Crippen molar-refractivity contribution < 1.29 is 23.8 Å². The topological polar surface area (TPSA) is 79.8 Å². The van der Waals surface area contributed by atoms with Gasteiger partial charge < -0.3 is 25.2 Å². The minimum absolute atomic E-state index is 0.00407. The molecule has 22 heavy (non-hydrogen) atoms. The molecule has 2 amide bonds. The van der Waals surface area contributed by atoms with Crippen LogP contribution in [0.25, 0.3) is 0 Å². The van der Waals surface area contributed by atoms with Crippen molar-refractivity contribution in [3.05, 3.63) is 29.6 Å². The summed E-state index contributed by atoms with van der Waals surface area (Å²) in [6, 6.07) is 3.93. The summed E-state index contributed by atoms with van der Waals surface area (Å²) in [6.45, 7) is 0.587. The van der Waals surface area contributed by atoms with Crippen molar-refractivity contribution in [3.63, 3.8) is 0 Å². The summed E-state index contributed by atoms with van der Waals surface area (Å²) in [6.07, 6.45) is 1.41. The number of carbonyl (C=O) groups excluding carboxylic acids is 1. The Morgan fingerprint density at radius 1 is 1.36 bits per heavy atom. The lowest BCUT2D eigenvalue weighted by molar-refractivity contribution is 0.0134. The molecule has 1 aromatic rings. The molecule has 0 unspecified atom stereocenters. The first kappa shape index (κ1) is 16.5. The molecule has 0 bridgehead atoms. The molecule has 7 heteroatoms. The van der Waals surface area contributed by atoms with Gasteiger partial charge >= 0.3 is 6.03 Å². The van der Waals surface area contributed by atoms with Crippen molar-refractivity contribution in [2.45, 2.75) is 31.6 Å². The SMILES string of the molecule is COc1cc(F)cc(CNC(=O)NC[C@H]2CC[C@@H](CO)O2)c1. The fourth-order valence-corrected chi connectivity index (χ4v) is 2.36. The third kappa shape index (κ3) is 4.85. The van der Waals surface area contributed by atoms with Crippen molar-refractivity contribution in [1.29, 1.82) is 0 Å². The Bertz CT molecular complexity index is 512. The van der Waals surface area contributed by atoms with Gasteiger partial charge in [-0.2, -0.15) is 0 Å². The molecule has 2 atom stereocenters. The standard InChI is InChI=1S/C15H21FN2O4/c1-21-14-5-10(4-11(16)6-14)7-17-15(20)18-8-12-2-3-13(9-19)22-12/h4-6,12-13,19H,2-3,7-9H2,1H3,(H2,17,18,20)/t12-,13+/m1/s1. The summed E-state index contributed by atoms with van der Waals surface area (Å²) in [7, 11) is 1.46. The van der Waals surface area contributed by atoms with Gasteiger partial charge in [0.1, 0.15) is 11.6 Å². The van der Waals surface area contributed by atoms with Crippen molar-refractivity contribution in [3.8, 4) is 5.75 Å². The zero-order valence-electron chi connectivity index (χ0n) is 12.5. The zero-order valence-corrected chi connectivity index (χ0v) is 12.5. The number of benzene rings is 1. The fourth-order valence-electron chi connectivity index (χ4n) is 2.36. The molecule has 122 valence electrons. The van der Waals surface area contributed by atoms with Crippen LogP contribution in [0.1, 0.15) is 18.4 Å². The number of hydrogen-bond acceptors (Lipinski definition) is 4. The Labute approximate surface area is 128 Å². The summed E-state index contributed by atoms with van der Waals surface area (Å²) in [4.78, 5) is 11.7. The van der Waals surface area contributed by atoms with Gasteiger partial charge in [-0.15, -0.1) is 0 Å². The molecule has 0 saturated carbocycles. The molecule has 6 nitrogen and oxygen atoms in total. The Morgan fingerprint density at radius 3 is 2.82 bits per heavy atom. The van der Waals surface area contributed by atoms with Gasteiger partial charge in [0.05, 0.1) is 25.9 Å². The second kappa shape index (κ2) is 7.95. The maximum atomic E-state index is 13.3. The van der Waals surface area contributed by atoms with E-state index < -0.39 is 5.82 Å². The van der Waals surface area contributed by atoms with Crippen LogP contribution in [0.5, 0.6) is 5.75 Å². The van der Waals surface area contributed by atoms with E-state index in [2.05, 4.69) is 10.6 Å². The van der Waals surface area contributed by atoms with Crippen molar-refractivity contribution in [2.75, 3.05) is 20.3 Å². The molecular formula is C15H21FN2O4. The fraction of sp³-hybridized carbons (Fsp3) is 0.533. The van der Waals surface area contributed by atoms with Crippen molar-refractivity contribution in [1.82, 2.24) is 10.6 Å². The number of urea groups is 1. The Balaban J connectivity index is 1.73. The number of methoxy groups -OCH3 is 1. The number of amides is 2. The Morgan fingerprint density at radius 2 is 2.14 bits per heavy atom. The first-order valence-corrected chi connectivity index (χ1v) is 7.22. The van der Waals surface area contributed by atoms with Gasteiger partial charge in [-0.1, -0.05) is 0 Å². The second-order valence-corrected chi connectivity index (χ2v) is 5.20. The average molecular weight is 312 g/mol. The highest BCUT2D eigenvalue weighted by Crippen LogP contribution is 2.18. The van der Waals surface area contributed by atoms with E-state index in [4.69, 9.17) is 14.6 Å². The maximum absolute atomic E-state index is 13.3. The van der Waals surface area contributed by atoms with E-state index >= 15 is 0 Å². The largest absolute Gasteiger partial charge is 0.497 e. The van der Waals surface area contributed by atoms with Gasteiger partial charge in [0, 0.05) is 19.2 Å². The monoisotopic (exact) mass is 312 g/mol. The van der Waals surface area contributed by atoms with Crippen LogP contribution in [0.2, 0.25) is 0 Å². The van der Waals surface area contributed by atoms with Crippen molar-refractivity contribution >= 4 is 6.03 Å². The highest BCUT2D eigenvalue weighted by Gasteiger charge is 2.24. The predicted octanol–water partition coefficient (Wildman–Crippen LogP) is 1.17. The minimum Gasteiger partial charge on any atom is -0.497 e. The lowest BCUT2D eigenvalue weighted by Gasteiger charge is -2.14. The number of halogens is 1. The van der Waals surface area contributed by atoms with Gasteiger partial charge in [0.25, 0.3) is 0 Å². The zero-order chi connectivity index (χ0) is 15.9. The molecule has 1 aromatic carbocycles. The van der Waals surface area contributed by atoms with Gasteiger partial charge in [-0.05, 0) is 30.5 Å². The molecule has 2 rings (SSSR count). The normalized spacial score (nSPS) is 20.7. The third-order valence-electron chi connectivity index (χ3n) is 3.51. The van der Waals surface area contributed by atoms with Crippen LogP contribution in [-0.2, 0) is 11.3 Å². The number of hydrogen-bond donors (Lipinski definition) is 3. The number of nitrogens with one attached hydrogen (secondary N) is 2. The first-order valence-electron chi connectivity index (χ1n) is 7.22. The van der Waals surface area contributed by atoms with Crippen LogP contribution < -0.4 is 15.4 Å². The summed E-state index contributed by atoms with van der Waals surface area (Å²) in [5.41, 5.74) is 0.615. The van der Waals surface area contributed by atoms with Crippen LogP contribution in [0.15, 0.2) is 18.2 Å². The Kier molecular flexibility index (Phi) is 5.97. The van der Waals surface area contributed by atoms with Crippen LogP contribution in [0.3, 0.4) is 0 Å². The second-order valence-electron chi connectivity index (χ2n) is 5.20. The van der Waals surface area contributed by atoms with E-state index in [-0.39, 0.29) is 31.4 Å². The quantitative estimate of drug-likeness (QED) is 0.737. The molecule has 0 spiro atoms. The van der Waals surface area contributed by atoms with Crippen LogP contribution in [-0.4, -0.2) is 43.6 Å². The average Bonchev–Trinajstić information content (AvgIpc) is 2.98. The predicted molar refractivity (Wildman–Crippen MR) is 78.2 cm³/mol. The molecule has 0 radical (unpaired) electrons. The van der Waals surface area contributed by atoms with Gasteiger partial charge in [0.15, 0.2) is 0 Å². The van der Waals surface area contributed by atoms with E-state index in [1.54, 1.807) is 6.07 Å². The summed E-state index contributed by atoms with van der Waals surface area (Å²) in [5.74, 6) is -0.00225. The van der Waals surface area contributed by atoms with Crippen LogP contribution in [0.4, 0.5) is 9.18 Å². The Hall–Kier alpha value is -1.86. The molecule has 3 N–H and O–H groups in total. The van der Waals surface area contributed by atoms with E-state index in [9.17, 15) is 9.18 Å². The third-order valence-corrected chi connectivity index (χ3v) is 3.51. The molecule has 0 aliphatic carbocycles. The lowest BCUT2D eigenvalue weighted by Crippen LogP contribution is -2.39. The molecule has 1 aliphatic rings. The molecule has 1 fully saturated rings. The molecule has 1 aliphatic heterocycles. The highest BCUT2D eigenvalue weighted by molar-refractivity contribution is 5.73. The molecule has 1 heterocycles. The molecular weight excluding hydrogens is 291 g/mol. The highest BCUT2D eigenvalue weighted by atomic mass is 19.1. The minimum atomic E-state index is -0.411. The van der Waals surface area contributed by atoms with E-state index in [0.29, 0.717) is 17.9 Å². The van der Waals surface area contributed by atoms with Crippen molar-refractivity contribution in [2.24, 2.45) is 0 Å². The maximum Gasteiger partial charge on any atom is 0.315 e. The summed E-state index contributed by atoms with van der Waals surface area (Å²) in [5, 5.41) is 14.3. The van der Waals surface area contributed by atoms with Gasteiger partial charge in [0.2, 0.25) is 0 Å². The van der Waals surface area contributed by atoms with Gasteiger partial charge in [-0.3, -0.25) is 0 Å². The lowest BCUT2D eigenvalue weighted by atomic mass is 10.2. The summed E-state index contributed by atoms with van der Waals surface area (Å²) < 4.78 is 23.8. The van der Waals surface area contributed by atoms with Crippen LogP contribution in [0, 0.1) is 5.82 Å². The van der Waals surface area contributed by atoms with E-state index in [0.717, 1.165) is 12.8 Å². The molecule has 1 saturated heterocycles. The molecule has 0 aromatic heterocycles. The van der Waals surface area contributed by atoms with Crippen LogP contribution >= 0.6 is 0 Å². The van der Waals surface area contributed by atoms with E-state index in [1.807, 2.05) is 0 Å². The van der Waals surface area contributed by atoms with E-state index in [1.165, 1.54) is 19.2 Å².